The van der Waals surface area contributed by atoms with E-state index in [4.69, 9.17) is 4.98 Å². The summed E-state index contributed by atoms with van der Waals surface area (Å²) >= 11 is 0. The van der Waals surface area contributed by atoms with Crippen molar-refractivity contribution in [2.45, 2.75) is 57.0 Å². The van der Waals surface area contributed by atoms with E-state index in [9.17, 15) is 4.39 Å². The van der Waals surface area contributed by atoms with E-state index < -0.39 is 0 Å². The number of aromatic nitrogens is 2. The molecule has 1 aliphatic carbocycles. The van der Waals surface area contributed by atoms with Gasteiger partial charge in [-0.15, -0.1) is 0 Å². The van der Waals surface area contributed by atoms with E-state index in [0.717, 1.165) is 42.7 Å². The van der Waals surface area contributed by atoms with Crippen LogP contribution in [-0.2, 0) is 5.54 Å². The lowest BCUT2D eigenvalue weighted by molar-refractivity contribution is 0.322. The summed E-state index contributed by atoms with van der Waals surface area (Å²) in [7, 11) is 0. The highest BCUT2D eigenvalue weighted by Gasteiger charge is 2.41. The van der Waals surface area contributed by atoms with Gasteiger partial charge in [-0.1, -0.05) is 13.3 Å². The van der Waals surface area contributed by atoms with Crippen LogP contribution >= 0.6 is 0 Å². The van der Waals surface area contributed by atoms with Crippen molar-refractivity contribution in [3.8, 4) is 0 Å². The molecule has 1 atom stereocenters. The Kier molecular flexibility index (Phi) is 3.03. The number of fused-ring (bicyclic) bond motifs is 1. The molecule has 1 saturated carbocycles. The molecule has 2 aromatic rings. The molecule has 3 nitrogen and oxygen atoms in total. The third-order valence-electron chi connectivity index (χ3n) is 4.91. The molecule has 1 aliphatic heterocycles. The Morgan fingerprint density at radius 3 is 2.95 bits per heavy atom. The van der Waals surface area contributed by atoms with Crippen LogP contribution in [0, 0.1) is 5.82 Å². The molecule has 0 amide bonds. The maximum atomic E-state index is 13.6. The van der Waals surface area contributed by atoms with Gasteiger partial charge < -0.3 is 9.88 Å². The van der Waals surface area contributed by atoms with Crippen molar-refractivity contribution in [2.24, 2.45) is 0 Å². The number of rotatable bonds is 4. The number of nitrogens with one attached hydrogen (secondary N) is 1. The molecule has 1 aromatic heterocycles. The fourth-order valence-electron chi connectivity index (χ4n) is 3.86. The Labute approximate surface area is 124 Å². The normalized spacial score (nSPS) is 25.8. The lowest BCUT2D eigenvalue weighted by Gasteiger charge is -2.29. The third kappa shape index (κ3) is 2.08. The molecule has 0 radical (unpaired) electrons. The van der Waals surface area contributed by atoms with Gasteiger partial charge >= 0.3 is 0 Å². The van der Waals surface area contributed by atoms with E-state index in [1.54, 1.807) is 12.1 Å². The van der Waals surface area contributed by atoms with Crippen LogP contribution in [-0.4, -0.2) is 16.1 Å². The first-order chi connectivity index (χ1) is 10.2. The minimum Gasteiger partial charge on any atom is -0.323 e. The minimum absolute atomic E-state index is 0.00711. The summed E-state index contributed by atoms with van der Waals surface area (Å²) in [6, 6.07) is 5.59. The Bertz CT molecular complexity index is 666. The van der Waals surface area contributed by atoms with Crippen LogP contribution in [0.15, 0.2) is 18.2 Å². The molecule has 1 N–H and O–H groups in total. The first-order valence-electron chi connectivity index (χ1n) is 8.16. The summed E-state index contributed by atoms with van der Waals surface area (Å²) in [6.07, 6.45) is 7.01. The predicted molar refractivity (Wildman–Crippen MR) is 81.8 cm³/mol. The molecule has 4 heteroatoms. The van der Waals surface area contributed by atoms with Crippen molar-refractivity contribution in [1.29, 1.82) is 0 Å². The van der Waals surface area contributed by atoms with Gasteiger partial charge in [0.1, 0.15) is 11.6 Å². The quantitative estimate of drug-likeness (QED) is 0.924. The van der Waals surface area contributed by atoms with Gasteiger partial charge in [0.25, 0.3) is 0 Å². The first kappa shape index (κ1) is 13.3. The molecule has 1 saturated heterocycles. The highest BCUT2D eigenvalue weighted by molar-refractivity contribution is 5.76. The number of nitrogens with zero attached hydrogens (tertiary/aromatic N) is 2. The van der Waals surface area contributed by atoms with Crippen LogP contribution in [0.4, 0.5) is 4.39 Å². The lowest BCUT2D eigenvalue weighted by Crippen LogP contribution is -2.39. The zero-order chi connectivity index (χ0) is 14.4. The highest BCUT2D eigenvalue weighted by atomic mass is 19.1. The fourth-order valence-corrected chi connectivity index (χ4v) is 3.86. The molecule has 21 heavy (non-hydrogen) atoms. The average Bonchev–Trinajstić information content (AvgIpc) is 3.07. The van der Waals surface area contributed by atoms with Gasteiger partial charge in [0.15, 0.2) is 0 Å². The summed E-state index contributed by atoms with van der Waals surface area (Å²) < 4.78 is 15.9. The predicted octanol–water partition coefficient (Wildman–Crippen LogP) is 3.89. The number of benzene rings is 1. The maximum Gasteiger partial charge on any atom is 0.130 e. The second-order valence-electron chi connectivity index (χ2n) is 6.53. The van der Waals surface area contributed by atoms with Crippen molar-refractivity contribution in [2.75, 3.05) is 6.54 Å². The summed E-state index contributed by atoms with van der Waals surface area (Å²) in [5.41, 5.74) is 1.89. The van der Waals surface area contributed by atoms with Crippen LogP contribution in [0.1, 0.15) is 57.3 Å². The molecule has 1 unspecified atom stereocenters. The number of halogens is 1. The number of imidazole rings is 1. The monoisotopic (exact) mass is 287 g/mol. The second kappa shape index (κ2) is 4.80. The van der Waals surface area contributed by atoms with Crippen LogP contribution in [0.3, 0.4) is 0 Å². The highest BCUT2D eigenvalue weighted by Crippen LogP contribution is 2.44. The second-order valence-corrected chi connectivity index (χ2v) is 6.53. The van der Waals surface area contributed by atoms with Crippen LogP contribution < -0.4 is 5.32 Å². The van der Waals surface area contributed by atoms with Crippen molar-refractivity contribution in [3.63, 3.8) is 0 Å². The van der Waals surface area contributed by atoms with Gasteiger partial charge in [0.2, 0.25) is 0 Å². The third-order valence-corrected chi connectivity index (χ3v) is 4.91. The molecule has 0 bridgehead atoms. The van der Waals surface area contributed by atoms with E-state index in [-0.39, 0.29) is 11.4 Å². The van der Waals surface area contributed by atoms with Gasteiger partial charge in [0.05, 0.1) is 16.6 Å². The summed E-state index contributed by atoms with van der Waals surface area (Å²) in [5.74, 6) is 0.948. The SMILES string of the molecule is CCCC1(c2nc3cc(F)ccc3n2C2CC2)CCCN1. The first-order valence-corrected chi connectivity index (χ1v) is 8.16. The Balaban J connectivity index is 1.92. The standard InChI is InChI=1S/C17H22FN3/c1-2-8-17(9-3-10-19-17)16-20-14-11-12(18)4-7-15(14)21(16)13-5-6-13/h4,7,11,13,19H,2-3,5-6,8-10H2,1H3. The van der Waals surface area contributed by atoms with Crippen molar-refractivity contribution in [3.05, 3.63) is 29.8 Å². The van der Waals surface area contributed by atoms with Gasteiger partial charge in [-0.2, -0.15) is 0 Å². The van der Waals surface area contributed by atoms with E-state index >= 15 is 0 Å². The molecular weight excluding hydrogens is 265 g/mol. The number of hydrogen-bond donors (Lipinski definition) is 1. The van der Waals surface area contributed by atoms with Crippen molar-refractivity contribution >= 4 is 11.0 Å². The molecular formula is C17H22FN3. The zero-order valence-electron chi connectivity index (χ0n) is 12.5. The molecule has 2 heterocycles. The Morgan fingerprint density at radius 2 is 2.29 bits per heavy atom. The molecule has 0 spiro atoms. The van der Waals surface area contributed by atoms with Gasteiger partial charge in [-0.25, -0.2) is 9.37 Å². The topological polar surface area (TPSA) is 29.9 Å². The van der Waals surface area contributed by atoms with Crippen molar-refractivity contribution < 1.29 is 4.39 Å². The fraction of sp³-hybridized carbons (Fsp3) is 0.588. The Morgan fingerprint density at radius 1 is 1.43 bits per heavy atom. The van der Waals surface area contributed by atoms with E-state index in [1.807, 2.05) is 6.07 Å². The molecule has 4 rings (SSSR count). The van der Waals surface area contributed by atoms with Gasteiger partial charge in [-0.3, -0.25) is 0 Å². The van der Waals surface area contributed by atoms with Gasteiger partial charge in [0, 0.05) is 12.1 Å². The minimum atomic E-state index is -0.196. The van der Waals surface area contributed by atoms with Gasteiger partial charge in [-0.05, 0) is 50.8 Å². The molecule has 2 fully saturated rings. The lowest BCUT2D eigenvalue weighted by atomic mass is 9.90. The van der Waals surface area contributed by atoms with Crippen LogP contribution in [0.5, 0.6) is 0 Å². The zero-order valence-corrected chi connectivity index (χ0v) is 12.5. The Hall–Kier alpha value is -1.42. The smallest absolute Gasteiger partial charge is 0.130 e. The maximum absolute atomic E-state index is 13.6. The van der Waals surface area contributed by atoms with E-state index in [2.05, 4.69) is 16.8 Å². The van der Waals surface area contributed by atoms with Crippen molar-refractivity contribution in [1.82, 2.24) is 14.9 Å². The van der Waals surface area contributed by atoms with Crippen LogP contribution in [0.25, 0.3) is 11.0 Å². The number of hydrogen-bond acceptors (Lipinski definition) is 2. The van der Waals surface area contributed by atoms with E-state index in [0.29, 0.717) is 6.04 Å². The van der Waals surface area contributed by atoms with E-state index in [1.165, 1.54) is 19.3 Å². The summed E-state index contributed by atoms with van der Waals surface area (Å²) in [4.78, 5) is 4.87. The molecule has 1 aromatic carbocycles. The molecule has 112 valence electrons. The summed E-state index contributed by atoms with van der Waals surface area (Å²) in [6.45, 7) is 3.29. The largest absolute Gasteiger partial charge is 0.323 e. The van der Waals surface area contributed by atoms with Crippen LogP contribution in [0.2, 0.25) is 0 Å². The average molecular weight is 287 g/mol. The summed E-state index contributed by atoms with van der Waals surface area (Å²) in [5, 5.41) is 3.71. The molecule has 2 aliphatic rings.